The molecule has 0 amide bonds. The van der Waals surface area contributed by atoms with Crippen molar-refractivity contribution >= 4 is 11.8 Å². The Bertz CT molecular complexity index is 317. The van der Waals surface area contributed by atoms with Crippen LogP contribution in [0.15, 0.2) is 24.3 Å². The zero-order chi connectivity index (χ0) is 12.5. The number of thioether (sulfide) groups is 1. The molecular weight excluding hydrogens is 230 g/mol. The van der Waals surface area contributed by atoms with Crippen LogP contribution in [0.3, 0.4) is 0 Å². The molecule has 0 saturated carbocycles. The molecule has 0 aliphatic heterocycles. The zero-order valence-corrected chi connectivity index (χ0v) is 11.6. The molecule has 0 aromatic heterocycles. The summed E-state index contributed by atoms with van der Waals surface area (Å²) in [6.45, 7) is 2.96. The molecule has 0 heterocycles. The Hall–Kier alpha value is -0.670. The normalized spacial score (nSPS) is 12.4. The summed E-state index contributed by atoms with van der Waals surface area (Å²) in [5.41, 5.74) is 7.15. The maximum atomic E-state index is 5.83. The first-order chi connectivity index (χ1) is 8.30. The zero-order valence-electron chi connectivity index (χ0n) is 10.8. The lowest BCUT2D eigenvalue weighted by molar-refractivity contribution is 0.413. The quantitative estimate of drug-likeness (QED) is 0.723. The van der Waals surface area contributed by atoms with Gasteiger partial charge in [-0.3, -0.25) is 0 Å². The monoisotopic (exact) mass is 253 g/mol. The molecule has 0 spiro atoms. The average Bonchev–Trinajstić information content (AvgIpc) is 2.38. The van der Waals surface area contributed by atoms with E-state index in [9.17, 15) is 0 Å². The first kappa shape index (κ1) is 14.4. The smallest absolute Gasteiger partial charge is 0.119 e. The predicted octanol–water partition coefficient (Wildman–Crippen LogP) is 2.96. The Labute approximate surface area is 109 Å². The van der Waals surface area contributed by atoms with Crippen LogP contribution in [0.1, 0.15) is 18.9 Å². The summed E-state index contributed by atoms with van der Waals surface area (Å²) in [5.74, 6) is 3.92. The van der Waals surface area contributed by atoms with Gasteiger partial charge in [0, 0.05) is 0 Å². The maximum absolute atomic E-state index is 5.83. The van der Waals surface area contributed by atoms with Crippen molar-refractivity contribution in [2.45, 2.75) is 19.8 Å². The molecule has 96 valence electrons. The van der Waals surface area contributed by atoms with Crippen LogP contribution < -0.4 is 10.5 Å². The number of hydrogen-bond donors (Lipinski definition) is 1. The van der Waals surface area contributed by atoms with Gasteiger partial charge < -0.3 is 10.5 Å². The van der Waals surface area contributed by atoms with Crippen molar-refractivity contribution in [1.82, 2.24) is 0 Å². The maximum Gasteiger partial charge on any atom is 0.119 e. The van der Waals surface area contributed by atoms with Crippen molar-refractivity contribution in [3.63, 3.8) is 0 Å². The number of hydrogen-bond acceptors (Lipinski definition) is 3. The van der Waals surface area contributed by atoms with Gasteiger partial charge in [0.1, 0.15) is 5.75 Å². The molecule has 1 unspecified atom stereocenters. The molecule has 2 N–H and O–H groups in total. The van der Waals surface area contributed by atoms with Gasteiger partial charge in [0.25, 0.3) is 0 Å². The van der Waals surface area contributed by atoms with E-state index < -0.39 is 0 Å². The van der Waals surface area contributed by atoms with Crippen LogP contribution in [0.4, 0.5) is 0 Å². The topological polar surface area (TPSA) is 35.2 Å². The summed E-state index contributed by atoms with van der Waals surface area (Å²) in [4.78, 5) is 0. The predicted molar refractivity (Wildman–Crippen MR) is 76.9 cm³/mol. The van der Waals surface area contributed by atoms with Crippen LogP contribution in [0, 0.1) is 5.92 Å². The molecule has 1 rings (SSSR count). The average molecular weight is 253 g/mol. The van der Waals surface area contributed by atoms with Gasteiger partial charge in [0.15, 0.2) is 0 Å². The third-order valence-electron chi connectivity index (χ3n) is 2.87. The fraction of sp³-hybridized carbons (Fsp3) is 0.571. The van der Waals surface area contributed by atoms with Crippen LogP contribution in [-0.4, -0.2) is 25.2 Å². The summed E-state index contributed by atoms with van der Waals surface area (Å²) < 4.78 is 5.23. The van der Waals surface area contributed by atoms with Gasteiger partial charge in [-0.25, -0.2) is 0 Å². The molecule has 1 aromatic carbocycles. The first-order valence-corrected chi connectivity index (χ1v) is 7.36. The Balaban J connectivity index is 2.48. The van der Waals surface area contributed by atoms with Crippen LogP contribution in [-0.2, 0) is 6.42 Å². The summed E-state index contributed by atoms with van der Waals surface area (Å²) >= 11 is 1.99. The molecule has 0 aliphatic carbocycles. The molecule has 3 heteroatoms. The van der Waals surface area contributed by atoms with Crippen LogP contribution in [0.2, 0.25) is 0 Å². The summed E-state index contributed by atoms with van der Waals surface area (Å²) in [7, 11) is 1.71. The fourth-order valence-corrected chi connectivity index (χ4v) is 2.62. The Morgan fingerprint density at radius 1 is 1.41 bits per heavy atom. The second-order valence-electron chi connectivity index (χ2n) is 4.14. The molecule has 2 nitrogen and oxygen atoms in total. The van der Waals surface area contributed by atoms with E-state index in [0.29, 0.717) is 5.92 Å². The lowest BCUT2D eigenvalue weighted by Gasteiger charge is -2.14. The minimum absolute atomic E-state index is 0.584. The van der Waals surface area contributed by atoms with E-state index in [-0.39, 0.29) is 0 Å². The van der Waals surface area contributed by atoms with E-state index in [1.165, 1.54) is 23.5 Å². The van der Waals surface area contributed by atoms with Gasteiger partial charge >= 0.3 is 0 Å². The van der Waals surface area contributed by atoms with Crippen molar-refractivity contribution < 1.29 is 4.74 Å². The minimum atomic E-state index is 0.584. The molecule has 0 fully saturated rings. The highest BCUT2D eigenvalue weighted by Crippen LogP contribution is 2.18. The Kier molecular flexibility index (Phi) is 7.13. The minimum Gasteiger partial charge on any atom is -0.497 e. The van der Waals surface area contributed by atoms with Gasteiger partial charge in [0.05, 0.1) is 7.11 Å². The largest absolute Gasteiger partial charge is 0.497 e. The van der Waals surface area contributed by atoms with E-state index in [1.54, 1.807) is 7.11 Å². The third kappa shape index (κ3) is 5.46. The lowest BCUT2D eigenvalue weighted by Crippen LogP contribution is -2.17. The molecular formula is C14H23NOS. The van der Waals surface area contributed by atoms with Crippen LogP contribution in [0.5, 0.6) is 5.75 Å². The number of methoxy groups -OCH3 is 1. The third-order valence-corrected chi connectivity index (χ3v) is 3.80. The molecule has 0 aliphatic rings. The van der Waals surface area contributed by atoms with Gasteiger partial charge in [-0.15, -0.1) is 0 Å². The van der Waals surface area contributed by atoms with Crippen LogP contribution >= 0.6 is 11.8 Å². The second-order valence-corrected chi connectivity index (χ2v) is 5.54. The van der Waals surface area contributed by atoms with Crippen molar-refractivity contribution in [1.29, 1.82) is 0 Å². The molecule has 1 atom stereocenters. The van der Waals surface area contributed by atoms with E-state index >= 15 is 0 Å². The number of ether oxygens (including phenoxy) is 1. The molecule has 0 radical (unpaired) electrons. The number of benzene rings is 1. The van der Waals surface area contributed by atoms with Gasteiger partial charge in [-0.05, 0) is 54.5 Å². The Morgan fingerprint density at radius 3 is 2.88 bits per heavy atom. The van der Waals surface area contributed by atoms with Crippen molar-refractivity contribution in [3.05, 3.63) is 29.8 Å². The Morgan fingerprint density at radius 2 is 2.24 bits per heavy atom. The van der Waals surface area contributed by atoms with Gasteiger partial charge in [-0.2, -0.15) is 11.8 Å². The van der Waals surface area contributed by atoms with Gasteiger partial charge in [-0.1, -0.05) is 19.1 Å². The molecule has 0 bridgehead atoms. The number of nitrogens with two attached hydrogens (primary N) is 1. The second kappa shape index (κ2) is 8.43. The SMILES string of the molecule is CCSCCC(CN)Cc1cccc(OC)c1. The van der Waals surface area contributed by atoms with E-state index in [0.717, 1.165) is 18.7 Å². The van der Waals surface area contributed by atoms with Crippen molar-refractivity contribution in [3.8, 4) is 5.75 Å². The van der Waals surface area contributed by atoms with E-state index in [2.05, 4.69) is 19.1 Å². The molecule has 0 saturated heterocycles. The first-order valence-electron chi connectivity index (χ1n) is 6.20. The fourth-order valence-electron chi connectivity index (χ4n) is 1.83. The molecule has 1 aromatic rings. The van der Waals surface area contributed by atoms with Crippen molar-refractivity contribution in [2.24, 2.45) is 11.7 Å². The summed E-state index contributed by atoms with van der Waals surface area (Å²) in [6.07, 6.45) is 2.25. The lowest BCUT2D eigenvalue weighted by atomic mass is 9.97. The van der Waals surface area contributed by atoms with E-state index in [4.69, 9.17) is 10.5 Å². The summed E-state index contributed by atoms with van der Waals surface area (Å²) in [5, 5.41) is 0. The molecule has 17 heavy (non-hydrogen) atoms. The highest BCUT2D eigenvalue weighted by Gasteiger charge is 2.08. The van der Waals surface area contributed by atoms with E-state index in [1.807, 2.05) is 23.9 Å². The highest BCUT2D eigenvalue weighted by molar-refractivity contribution is 7.99. The van der Waals surface area contributed by atoms with Crippen molar-refractivity contribution in [2.75, 3.05) is 25.2 Å². The number of rotatable bonds is 8. The van der Waals surface area contributed by atoms with Gasteiger partial charge in [0.2, 0.25) is 0 Å². The summed E-state index contributed by atoms with van der Waals surface area (Å²) in [6, 6.07) is 8.28. The standard InChI is InChI=1S/C14H23NOS/c1-3-17-8-7-13(11-15)9-12-5-4-6-14(10-12)16-2/h4-6,10,13H,3,7-9,11,15H2,1-2H3. The van der Waals surface area contributed by atoms with Crippen LogP contribution in [0.25, 0.3) is 0 Å². The highest BCUT2D eigenvalue weighted by atomic mass is 32.2.